The molecule has 1 fully saturated rings. The Hall–Kier alpha value is -1.85. The summed E-state index contributed by atoms with van der Waals surface area (Å²) in [5, 5.41) is 3.37. The smallest absolute Gasteiger partial charge is 0.289 e. The Kier molecular flexibility index (Phi) is 7.02. The van der Waals surface area contributed by atoms with E-state index in [1.807, 2.05) is 43.1 Å². The molecule has 1 amide bonds. The lowest BCUT2D eigenvalue weighted by Gasteiger charge is -2.24. The molecule has 0 radical (unpaired) electrons. The summed E-state index contributed by atoms with van der Waals surface area (Å²) in [6.45, 7) is 7.32. The van der Waals surface area contributed by atoms with Crippen LogP contribution in [0, 0.1) is 12.8 Å². The fourth-order valence-electron chi connectivity index (χ4n) is 3.25. The number of hydrogen-bond acceptors (Lipinski definition) is 4. The van der Waals surface area contributed by atoms with Gasteiger partial charge in [-0.1, -0.05) is 13.0 Å². The number of aryl methyl sites for hydroxylation is 2. The maximum atomic E-state index is 13.0. The number of halogens is 1. The van der Waals surface area contributed by atoms with Crippen LogP contribution in [-0.4, -0.2) is 35.4 Å². The average Bonchev–Trinajstić information content (AvgIpc) is 3.24. The molecule has 1 atom stereocenters. The molecule has 2 aromatic rings. The fraction of sp³-hybridized carbons (Fsp3) is 0.474. The van der Waals surface area contributed by atoms with Gasteiger partial charge in [0.1, 0.15) is 5.76 Å². The fourth-order valence-corrected chi connectivity index (χ4v) is 3.25. The number of furan rings is 1. The quantitative estimate of drug-likeness (QED) is 0.856. The number of carbonyl (C=O) groups is 1. The lowest BCUT2D eigenvalue weighted by atomic mass is 10.1. The van der Waals surface area contributed by atoms with Crippen molar-refractivity contribution < 1.29 is 9.21 Å². The van der Waals surface area contributed by atoms with E-state index in [-0.39, 0.29) is 18.3 Å². The van der Waals surface area contributed by atoms with Gasteiger partial charge in [-0.05, 0) is 55.6 Å². The van der Waals surface area contributed by atoms with Crippen LogP contribution in [0.15, 0.2) is 35.0 Å². The number of hydrogen-bond donors (Lipinski definition) is 1. The third kappa shape index (κ3) is 4.83. The molecule has 5 nitrogen and oxygen atoms in total. The zero-order chi connectivity index (χ0) is 16.9. The second-order valence-corrected chi connectivity index (χ2v) is 6.48. The Balaban J connectivity index is 0.00000225. The predicted molar refractivity (Wildman–Crippen MR) is 100 cm³/mol. The molecule has 0 spiro atoms. The van der Waals surface area contributed by atoms with Gasteiger partial charge in [0.05, 0.1) is 0 Å². The van der Waals surface area contributed by atoms with Gasteiger partial charge in [0.25, 0.3) is 5.91 Å². The van der Waals surface area contributed by atoms with Crippen LogP contribution in [0.3, 0.4) is 0 Å². The number of pyridine rings is 1. The predicted octanol–water partition coefficient (Wildman–Crippen LogP) is 3.22. The highest BCUT2D eigenvalue weighted by atomic mass is 35.5. The highest BCUT2D eigenvalue weighted by Crippen LogP contribution is 2.20. The summed E-state index contributed by atoms with van der Waals surface area (Å²) in [4.78, 5) is 19.1. The molecule has 0 bridgehead atoms. The van der Waals surface area contributed by atoms with Crippen molar-refractivity contribution in [3.8, 4) is 0 Å². The van der Waals surface area contributed by atoms with Gasteiger partial charge in [0, 0.05) is 31.9 Å². The number of nitrogens with zero attached hydrogens (tertiary/aromatic N) is 2. The van der Waals surface area contributed by atoms with Crippen molar-refractivity contribution in [2.75, 3.05) is 19.6 Å². The second kappa shape index (κ2) is 9.02. The SMILES string of the molecule is CCc1oc(C(=O)N(Cc2cccnc2)CC2CCNC2)cc1C.Cl. The van der Waals surface area contributed by atoms with E-state index in [0.717, 1.165) is 49.4 Å². The molecular weight excluding hydrogens is 338 g/mol. The van der Waals surface area contributed by atoms with Crippen LogP contribution in [0.25, 0.3) is 0 Å². The molecule has 0 saturated carbocycles. The summed E-state index contributed by atoms with van der Waals surface area (Å²) >= 11 is 0. The van der Waals surface area contributed by atoms with Crippen molar-refractivity contribution >= 4 is 18.3 Å². The Morgan fingerprint density at radius 1 is 1.48 bits per heavy atom. The normalized spacial score (nSPS) is 16.5. The van der Waals surface area contributed by atoms with Crippen LogP contribution in [0.2, 0.25) is 0 Å². The van der Waals surface area contributed by atoms with Gasteiger partial charge < -0.3 is 14.6 Å². The minimum Gasteiger partial charge on any atom is -0.456 e. The molecule has 3 rings (SSSR count). The van der Waals surface area contributed by atoms with Gasteiger partial charge >= 0.3 is 0 Å². The molecule has 2 aromatic heterocycles. The van der Waals surface area contributed by atoms with Crippen LogP contribution in [-0.2, 0) is 13.0 Å². The molecule has 25 heavy (non-hydrogen) atoms. The van der Waals surface area contributed by atoms with E-state index in [2.05, 4.69) is 10.3 Å². The van der Waals surface area contributed by atoms with Crippen molar-refractivity contribution in [3.05, 3.63) is 53.2 Å². The topological polar surface area (TPSA) is 58.4 Å². The zero-order valence-electron chi connectivity index (χ0n) is 14.8. The summed E-state index contributed by atoms with van der Waals surface area (Å²) in [6, 6.07) is 5.77. The number of rotatable bonds is 6. The molecule has 3 heterocycles. The lowest BCUT2D eigenvalue weighted by molar-refractivity contribution is 0.0684. The standard InChI is InChI=1S/C19H25N3O2.ClH/c1-3-17-14(2)9-18(24-17)19(23)22(13-16-6-8-21-11-16)12-15-5-4-7-20-10-15;/h4-5,7,9-10,16,21H,3,6,8,11-13H2,1-2H3;1H. The third-order valence-electron chi connectivity index (χ3n) is 4.58. The van der Waals surface area contributed by atoms with Crippen LogP contribution in [0.1, 0.15) is 40.8 Å². The van der Waals surface area contributed by atoms with Crippen molar-refractivity contribution in [1.29, 1.82) is 0 Å². The summed E-state index contributed by atoms with van der Waals surface area (Å²) in [5.41, 5.74) is 2.08. The van der Waals surface area contributed by atoms with E-state index in [4.69, 9.17) is 4.42 Å². The number of carbonyl (C=O) groups excluding carboxylic acids is 1. The van der Waals surface area contributed by atoms with E-state index in [1.165, 1.54) is 0 Å². The van der Waals surface area contributed by atoms with E-state index >= 15 is 0 Å². The third-order valence-corrected chi connectivity index (χ3v) is 4.58. The van der Waals surface area contributed by atoms with Gasteiger partial charge in [-0.25, -0.2) is 0 Å². The minimum absolute atomic E-state index is 0. The Labute approximate surface area is 155 Å². The van der Waals surface area contributed by atoms with Gasteiger partial charge in [0.15, 0.2) is 5.76 Å². The van der Waals surface area contributed by atoms with E-state index < -0.39 is 0 Å². The molecule has 1 N–H and O–H groups in total. The summed E-state index contributed by atoms with van der Waals surface area (Å²) in [7, 11) is 0. The van der Waals surface area contributed by atoms with Gasteiger partial charge in [-0.2, -0.15) is 0 Å². The van der Waals surface area contributed by atoms with Gasteiger partial charge in [0.2, 0.25) is 0 Å². The zero-order valence-corrected chi connectivity index (χ0v) is 15.6. The Morgan fingerprint density at radius 3 is 2.92 bits per heavy atom. The highest BCUT2D eigenvalue weighted by Gasteiger charge is 2.25. The minimum atomic E-state index is -0.0337. The summed E-state index contributed by atoms with van der Waals surface area (Å²) in [6.07, 6.45) is 5.47. The van der Waals surface area contributed by atoms with E-state index in [9.17, 15) is 4.79 Å². The molecule has 0 aliphatic carbocycles. The van der Waals surface area contributed by atoms with Gasteiger partial charge in [-0.3, -0.25) is 9.78 Å². The molecule has 1 saturated heterocycles. The number of amides is 1. The maximum Gasteiger partial charge on any atom is 0.289 e. The highest BCUT2D eigenvalue weighted by molar-refractivity contribution is 5.91. The number of nitrogens with one attached hydrogen (secondary N) is 1. The molecule has 1 unspecified atom stereocenters. The van der Waals surface area contributed by atoms with Crippen LogP contribution in [0.4, 0.5) is 0 Å². The Morgan fingerprint density at radius 2 is 2.32 bits per heavy atom. The number of aromatic nitrogens is 1. The first-order chi connectivity index (χ1) is 11.7. The summed E-state index contributed by atoms with van der Waals surface area (Å²) in [5.74, 6) is 1.79. The Bertz CT molecular complexity index is 681. The molecule has 1 aliphatic heterocycles. The molecule has 0 aromatic carbocycles. The maximum absolute atomic E-state index is 13.0. The van der Waals surface area contributed by atoms with E-state index in [1.54, 1.807) is 6.20 Å². The lowest BCUT2D eigenvalue weighted by Crippen LogP contribution is -2.35. The molecule has 1 aliphatic rings. The largest absolute Gasteiger partial charge is 0.456 e. The average molecular weight is 364 g/mol. The van der Waals surface area contributed by atoms with Crippen LogP contribution < -0.4 is 5.32 Å². The first-order valence-electron chi connectivity index (χ1n) is 8.65. The molecular formula is C19H26ClN3O2. The molecule has 136 valence electrons. The van der Waals surface area contributed by atoms with E-state index in [0.29, 0.717) is 18.2 Å². The monoisotopic (exact) mass is 363 g/mol. The van der Waals surface area contributed by atoms with Crippen LogP contribution in [0.5, 0.6) is 0 Å². The van der Waals surface area contributed by atoms with Crippen molar-refractivity contribution in [3.63, 3.8) is 0 Å². The second-order valence-electron chi connectivity index (χ2n) is 6.48. The van der Waals surface area contributed by atoms with Crippen molar-refractivity contribution in [2.45, 2.75) is 33.2 Å². The van der Waals surface area contributed by atoms with Crippen molar-refractivity contribution in [1.82, 2.24) is 15.2 Å². The molecule has 6 heteroatoms. The first kappa shape index (κ1) is 19.5. The van der Waals surface area contributed by atoms with Crippen molar-refractivity contribution in [2.24, 2.45) is 5.92 Å². The van der Waals surface area contributed by atoms with Crippen LogP contribution >= 0.6 is 12.4 Å². The summed E-state index contributed by atoms with van der Waals surface area (Å²) < 4.78 is 5.79. The first-order valence-corrected chi connectivity index (χ1v) is 8.65. The van der Waals surface area contributed by atoms with Gasteiger partial charge in [-0.15, -0.1) is 12.4 Å².